The van der Waals surface area contributed by atoms with Crippen molar-refractivity contribution in [3.8, 4) is 0 Å². The summed E-state index contributed by atoms with van der Waals surface area (Å²) in [5, 5.41) is 2.45. The molecule has 0 aliphatic carbocycles. The zero-order chi connectivity index (χ0) is 11.0. The number of rotatable bonds is 1. The van der Waals surface area contributed by atoms with E-state index in [4.69, 9.17) is 0 Å². The lowest BCUT2D eigenvalue weighted by atomic mass is 9.91. The summed E-state index contributed by atoms with van der Waals surface area (Å²) in [6.07, 6.45) is -2.46. The van der Waals surface area contributed by atoms with Crippen LogP contribution >= 0.6 is 15.9 Å². The molecular formula is C10H8BrF2NO. The smallest absolute Gasteiger partial charge is 0.251 e. The van der Waals surface area contributed by atoms with Crippen molar-refractivity contribution in [2.45, 2.75) is 12.3 Å². The van der Waals surface area contributed by atoms with E-state index >= 15 is 0 Å². The Hall–Kier alpha value is -0.970. The number of nitrogens with one attached hydrogen (secondary N) is 1. The van der Waals surface area contributed by atoms with E-state index in [1.54, 1.807) is 18.2 Å². The molecule has 1 aromatic rings. The van der Waals surface area contributed by atoms with E-state index in [0.29, 0.717) is 15.6 Å². The molecule has 0 spiro atoms. The maximum Gasteiger partial charge on any atom is 0.251 e. The highest BCUT2D eigenvalue weighted by molar-refractivity contribution is 9.10. The van der Waals surface area contributed by atoms with Crippen LogP contribution in [0.5, 0.6) is 0 Å². The number of amides is 1. The Kier molecular flexibility index (Phi) is 2.73. The first-order valence-electron chi connectivity index (χ1n) is 4.45. The standard InChI is InChI=1S/C10H8BrF2NO/c11-5-1-2-6-7(3-5)8(9(12)13)4-14-10(6)15/h1-3,8-9H,4H2,(H,14,15). The maximum atomic E-state index is 12.7. The summed E-state index contributed by atoms with van der Waals surface area (Å²) < 4.78 is 26.1. The quantitative estimate of drug-likeness (QED) is 0.839. The lowest BCUT2D eigenvalue weighted by molar-refractivity contribution is 0.0857. The van der Waals surface area contributed by atoms with Crippen molar-refractivity contribution in [1.82, 2.24) is 5.32 Å². The van der Waals surface area contributed by atoms with Crippen LogP contribution in [0.4, 0.5) is 8.78 Å². The lowest BCUT2D eigenvalue weighted by Crippen LogP contribution is -2.37. The lowest BCUT2D eigenvalue weighted by Gasteiger charge is -2.25. The van der Waals surface area contributed by atoms with Gasteiger partial charge in [-0.2, -0.15) is 0 Å². The summed E-state index contributed by atoms with van der Waals surface area (Å²) in [5.41, 5.74) is 0.762. The van der Waals surface area contributed by atoms with Crippen molar-refractivity contribution >= 4 is 21.8 Å². The second kappa shape index (κ2) is 3.89. The van der Waals surface area contributed by atoms with Gasteiger partial charge in [0, 0.05) is 16.6 Å². The number of fused-ring (bicyclic) bond motifs is 1. The molecule has 1 atom stereocenters. The Morgan fingerprint density at radius 3 is 2.87 bits per heavy atom. The van der Waals surface area contributed by atoms with E-state index in [2.05, 4.69) is 21.2 Å². The number of carbonyl (C=O) groups is 1. The van der Waals surface area contributed by atoms with Crippen LogP contribution < -0.4 is 5.32 Å². The number of alkyl halides is 2. The van der Waals surface area contributed by atoms with E-state index in [-0.39, 0.29) is 12.5 Å². The molecule has 1 amide bonds. The molecule has 80 valence electrons. The largest absolute Gasteiger partial charge is 0.351 e. The summed E-state index contributed by atoms with van der Waals surface area (Å²) in [4.78, 5) is 11.4. The Morgan fingerprint density at radius 2 is 2.20 bits per heavy atom. The Bertz CT molecular complexity index is 408. The van der Waals surface area contributed by atoms with E-state index in [9.17, 15) is 13.6 Å². The summed E-state index contributed by atoms with van der Waals surface area (Å²) in [7, 11) is 0. The topological polar surface area (TPSA) is 29.1 Å². The minimum atomic E-state index is -2.46. The van der Waals surface area contributed by atoms with Crippen LogP contribution in [0.15, 0.2) is 22.7 Å². The summed E-state index contributed by atoms with van der Waals surface area (Å²) in [6.45, 7) is -0.0000463. The van der Waals surface area contributed by atoms with Gasteiger partial charge in [0.1, 0.15) is 0 Å². The van der Waals surface area contributed by atoms with Gasteiger partial charge in [-0.05, 0) is 23.8 Å². The third kappa shape index (κ3) is 1.88. The third-order valence-electron chi connectivity index (χ3n) is 2.44. The average Bonchev–Trinajstić information content (AvgIpc) is 2.17. The molecule has 1 unspecified atom stereocenters. The van der Waals surface area contributed by atoms with Gasteiger partial charge >= 0.3 is 0 Å². The molecule has 0 aromatic heterocycles. The minimum absolute atomic E-state index is 0.0000463. The Morgan fingerprint density at radius 1 is 1.47 bits per heavy atom. The summed E-state index contributed by atoms with van der Waals surface area (Å²) in [5.74, 6) is -1.19. The molecule has 0 fully saturated rings. The zero-order valence-electron chi connectivity index (χ0n) is 7.64. The molecule has 0 saturated heterocycles. The maximum absolute atomic E-state index is 12.7. The van der Waals surface area contributed by atoms with Gasteiger partial charge in [0.25, 0.3) is 5.91 Å². The van der Waals surface area contributed by atoms with Gasteiger partial charge in [-0.15, -0.1) is 0 Å². The molecule has 1 N–H and O–H groups in total. The van der Waals surface area contributed by atoms with E-state index in [0.717, 1.165) is 0 Å². The van der Waals surface area contributed by atoms with E-state index in [1.807, 2.05) is 0 Å². The minimum Gasteiger partial charge on any atom is -0.351 e. The highest BCUT2D eigenvalue weighted by atomic mass is 79.9. The molecule has 1 aliphatic rings. The molecule has 5 heteroatoms. The predicted octanol–water partition coefficient (Wildman–Crippen LogP) is 2.54. The van der Waals surface area contributed by atoms with Crippen LogP contribution in [0.25, 0.3) is 0 Å². The van der Waals surface area contributed by atoms with Gasteiger partial charge in [-0.3, -0.25) is 4.79 Å². The van der Waals surface area contributed by atoms with Crippen LogP contribution in [0.2, 0.25) is 0 Å². The number of carbonyl (C=O) groups excluding carboxylic acids is 1. The van der Waals surface area contributed by atoms with E-state index in [1.165, 1.54) is 0 Å². The van der Waals surface area contributed by atoms with Crippen molar-refractivity contribution < 1.29 is 13.6 Å². The number of halogens is 3. The molecule has 1 aromatic carbocycles. The highest BCUT2D eigenvalue weighted by Crippen LogP contribution is 2.31. The predicted molar refractivity (Wildman–Crippen MR) is 55.2 cm³/mol. The highest BCUT2D eigenvalue weighted by Gasteiger charge is 2.31. The van der Waals surface area contributed by atoms with Crippen LogP contribution in [0, 0.1) is 0 Å². The molecule has 2 nitrogen and oxygen atoms in total. The van der Waals surface area contributed by atoms with Gasteiger partial charge in [-0.1, -0.05) is 15.9 Å². The third-order valence-corrected chi connectivity index (χ3v) is 2.94. The van der Waals surface area contributed by atoms with Gasteiger partial charge < -0.3 is 5.32 Å². The zero-order valence-corrected chi connectivity index (χ0v) is 9.22. The second-order valence-corrected chi connectivity index (χ2v) is 4.30. The van der Waals surface area contributed by atoms with Crippen molar-refractivity contribution in [3.05, 3.63) is 33.8 Å². The first kappa shape index (κ1) is 10.5. The molecule has 0 radical (unpaired) electrons. The second-order valence-electron chi connectivity index (χ2n) is 3.38. The normalized spacial score (nSPS) is 20.0. The monoisotopic (exact) mass is 275 g/mol. The SMILES string of the molecule is O=C1NCC(C(F)F)c2cc(Br)ccc21. The fraction of sp³-hybridized carbons (Fsp3) is 0.300. The summed E-state index contributed by atoms with van der Waals surface area (Å²) in [6, 6.07) is 4.82. The molecule has 15 heavy (non-hydrogen) atoms. The molecule has 0 bridgehead atoms. The fourth-order valence-corrected chi connectivity index (χ4v) is 2.06. The number of benzene rings is 1. The van der Waals surface area contributed by atoms with Gasteiger partial charge in [0.15, 0.2) is 0 Å². The number of hydrogen-bond donors (Lipinski definition) is 1. The van der Waals surface area contributed by atoms with Crippen molar-refractivity contribution in [2.24, 2.45) is 0 Å². The first-order chi connectivity index (χ1) is 7.09. The van der Waals surface area contributed by atoms with Crippen molar-refractivity contribution in [2.75, 3.05) is 6.54 Å². The van der Waals surface area contributed by atoms with Gasteiger partial charge in [-0.25, -0.2) is 8.78 Å². The van der Waals surface area contributed by atoms with Crippen LogP contribution in [-0.4, -0.2) is 18.9 Å². The molecule has 0 saturated carbocycles. The Labute approximate surface area is 93.8 Å². The van der Waals surface area contributed by atoms with Crippen LogP contribution in [0.1, 0.15) is 21.8 Å². The van der Waals surface area contributed by atoms with Crippen LogP contribution in [0.3, 0.4) is 0 Å². The first-order valence-corrected chi connectivity index (χ1v) is 5.24. The van der Waals surface area contributed by atoms with Gasteiger partial charge in [0.05, 0.1) is 5.92 Å². The molecular weight excluding hydrogens is 268 g/mol. The van der Waals surface area contributed by atoms with E-state index < -0.39 is 12.3 Å². The molecule has 1 heterocycles. The number of hydrogen-bond acceptors (Lipinski definition) is 1. The van der Waals surface area contributed by atoms with Crippen molar-refractivity contribution in [1.29, 1.82) is 0 Å². The Balaban J connectivity index is 2.51. The fourth-order valence-electron chi connectivity index (χ4n) is 1.68. The molecule has 2 rings (SSSR count). The summed E-state index contributed by atoms with van der Waals surface area (Å²) >= 11 is 3.21. The average molecular weight is 276 g/mol. The van der Waals surface area contributed by atoms with Gasteiger partial charge in [0.2, 0.25) is 6.43 Å². The van der Waals surface area contributed by atoms with Crippen LogP contribution in [-0.2, 0) is 0 Å². The molecule has 1 aliphatic heterocycles. The van der Waals surface area contributed by atoms with Crippen molar-refractivity contribution in [3.63, 3.8) is 0 Å².